The van der Waals surface area contributed by atoms with Crippen LogP contribution in [0.4, 0.5) is 5.69 Å². The molecule has 0 saturated carbocycles. The van der Waals surface area contributed by atoms with E-state index in [9.17, 15) is 9.59 Å². The number of nitrogens with one attached hydrogen (secondary N) is 1. The fourth-order valence-corrected chi connectivity index (χ4v) is 2.14. The maximum absolute atomic E-state index is 11.9. The van der Waals surface area contributed by atoms with Gasteiger partial charge < -0.3 is 10.1 Å². The van der Waals surface area contributed by atoms with Crippen LogP contribution in [0.3, 0.4) is 0 Å². The molecule has 4 nitrogen and oxygen atoms in total. The van der Waals surface area contributed by atoms with Crippen molar-refractivity contribution < 1.29 is 14.3 Å². The molecule has 18 heavy (non-hydrogen) atoms. The van der Waals surface area contributed by atoms with Gasteiger partial charge in [0.15, 0.2) is 5.78 Å². The van der Waals surface area contributed by atoms with Crippen LogP contribution in [0.5, 0.6) is 0 Å². The van der Waals surface area contributed by atoms with Gasteiger partial charge in [-0.05, 0) is 24.0 Å². The summed E-state index contributed by atoms with van der Waals surface area (Å²) in [5, 5.41) is 2.95. The predicted octanol–water partition coefficient (Wildman–Crippen LogP) is 2.60. The zero-order valence-corrected chi connectivity index (χ0v) is 11.7. The summed E-state index contributed by atoms with van der Waals surface area (Å²) >= 11 is 7.47. The Kier molecular flexibility index (Phi) is 6.18. The first-order chi connectivity index (χ1) is 8.63. The second-order valence-corrected chi connectivity index (χ2v) is 4.81. The number of hydrogen-bond donors (Lipinski definition) is 1. The maximum Gasteiger partial charge on any atom is 0.211 e. The van der Waals surface area contributed by atoms with Crippen molar-refractivity contribution in [3.63, 3.8) is 0 Å². The molecule has 0 unspecified atom stereocenters. The lowest BCUT2D eigenvalue weighted by Gasteiger charge is -2.11. The first kappa shape index (κ1) is 15.0. The van der Waals surface area contributed by atoms with Crippen molar-refractivity contribution in [3.8, 4) is 0 Å². The minimum atomic E-state index is -0.0548. The number of carbonyl (C=O) groups is 2. The molecule has 1 aromatic rings. The zero-order chi connectivity index (χ0) is 13.5. The second kappa shape index (κ2) is 7.41. The number of carbonyl (C=O) groups excluding carboxylic acids is 2. The standard InChI is InChI=1S/C12H14ClNO3S/c1-17-5-8-3-9(12(16)6-18-2)11(14-7-15)4-10(8)13/h3-4,7H,5-6H2,1-2H3,(H,14,15). The molecular formula is C12H14ClNO3S. The molecule has 0 radical (unpaired) electrons. The normalized spacial score (nSPS) is 10.2. The first-order valence-electron chi connectivity index (χ1n) is 5.17. The van der Waals surface area contributed by atoms with E-state index < -0.39 is 0 Å². The topological polar surface area (TPSA) is 55.4 Å². The van der Waals surface area contributed by atoms with Gasteiger partial charge in [0.05, 0.1) is 18.0 Å². The molecule has 1 amide bonds. The van der Waals surface area contributed by atoms with E-state index in [1.54, 1.807) is 19.2 Å². The number of ether oxygens (including phenoxy) is 1. The summed E-state index contributed by atoms with van der Waals surface area (Å²) in [5.74, 6) is 0.294. The number of benzene rings is 1. The van der Waals surface area contributed by atoms with Crippen LogP contribution in [0.15, 0.2) is 12.1 Å². The van der Waals surface area contributed by atoms with Crippen molar-refractivity contribution in [3.05, 3.63) is 28.3 Å². The van der Waals surface area contributed by atoms with Crippen LogP contribution in [-0.4, -0.2) is 31.3 Å². The van der Waals surface area contributed by atoms with Crippen LogP contribution in [0, 0.1) is 0 Å². The number of halogens is 1. The Morgan fingerprint density at radius 2 is 2.28 bits per heavy atom. The van der Waals surface area contributed by atoms with E-state index >= 15 is 0 Å². The molecule has 0 aliphatic carbocycles. The monoisotopic (exact) mass is 287 g/mol. The Bertz CT molecular complexity index is 451. The van der Waals surface area contributed by atoms with Gasteiger partial charge >= 0.3 is 0 Å². The second-order valence-electron chi connectivity index (χ2n) is 3.54. The summed E-state index contributed by atoms with van der Waals surface area (Å²) < 4.78 is 5.01. The number of rotatable bonds is 7. The van der Waals surface area contributed by atoms with Gasteiger partial charge in [0, 0.05) is 17.7 Å². The smallest absolute Gasteiger partial charge is 0.211 e. The number of thioether (sulfide) groups is 1. The third kappa shape index (κ3) is 3.73. The third-order valence-electron chi connectivity index (χ3n) is 2.28. The average Bonchev–Trinajstić information content (AvgIpc) is 2.33. The molecule has 0 aromatic heterocycles. The summed E-state index contributed by atoms with van der Waals surface area (Å²) in [6.45, 7) is 0.319. The van der Waals surface area contributed by atoms with Crippen molar-refractivity contribution in [2.45, 2.75) is 6.61 Å². The Morgan fingerprint density at radius 1 is 1.56 bits per heavy atom. The van der Waals surface area contributed by atoms with Crippen LogP contribution in [0.1, 0.15) is 15.9 Å². The molecule has 6 heteroatoms. The molecule has 0 saturated heterocycles. The van der Waals surface area contributed by atoms with Gasteiger partial charge in [0.2, 0.25) is 6.41 Å². The largest absolute Gasteiger partial charge is 0.380 e. The fraction of sp³-hybridized carbons (Fsp3) is 0.333. The molecule has 0 fully saturated rings. The maximum atomic E-state index is 11.9. The first-order valence-corrected chi connectivity index (χ1v) is 6.94. The van der Waals surface area contributed by atoms with Gasteiger partial charge in [0.25, 0.3) is 0 Å². The van der Waals surface area contributed by atoms with Crippen molar-refractivity contribution in [1.29, 1.82) is 0 Å². The highest BCUT2D eigenvalue weighted by atomic mass is 35.5. The lowest BCUT2D eigenvalue weighted by Crippen LogP contribution is -2.09. The van der Waals surface area contributed by atoms with Crippen molar-refractivity contribution in [1.82, 2.24) is 0 Å². The van der Waals surface area contributed by atoms with Gasteiger partial charge in [-0.25, -0.2) is 0 Å². The highest BCUT2D eigenvalue weighted by Gasteiger charge is 2.14. The lowest BCUT2D eigenvalue weighted by molar-refractivity contribution is -0.105. The Morgan fingerprint density at radius 3 is 2.83 bits per heavy atom. The zero-order valence-electron chi connectivity index (χ0n) is 10.2. The van der Waals surface area contributed by atoms with Crippen molar-refractivity contribution >= 4 is 41.2 Å². The fourth-order valence-electron chi connectivity index (χ4n) is 1.51. The Balaban J connectivity index is 3.20. The number of Topliss-reactive ketones (excluding diaryl/α,β-unsaturated/α-hetero) is 1. The highest BCUT2D eigenvalue weighted by molar-refractivity contribution is 7.99. The molecule has 1 aromatic carbocycles. The van der Waals surface area contributed by atoms with Crippen molar-refractivity contribution in [2.24, 2.45) is 0 Å². The van der Waals surface area contributed by atoms with Gasteiger partial charge in [-0.3, -0.25) is 9.59 Å². The van der Waals surface area contributed by atoms with Crippen LogP contribution in [-0.2, 0) is 16.1 Å². The molecule has 1 rings (SSSR count). The molecular weight excluding hydrogens is 274 g/mol. The molecule has 0 aliphatic heterocycles. The SMILES string of the molecule is COCc1cc(C(=O)CSC)c(NC=O)cc1Cl. The molecule has 0 spiro atoms. The number of methoxy groups -OCH3 is 1. The highest BCUT2D eigenvalue weighted by Crippen LogP contribution is 2.27. The lowest BCUT2D eigenvalue weighted by atomic mass is 10.1. The van der Waals surface area contributed by atoms with E-state index in [0.29, 0.717) is 35.0 Å². The Labute approximate surface area is 115 Å². The van der Waals surface area contributed by atoms with Crippen LogP contribution in [0.2, 0.25) is 5.02 Å². The molecule has 0 aliphatic rings. The molecule has 98 valence electrons. The Hall–Kier alpha value is -1.04. The molecule has 1 N–H and O–H groups in total. The van der Waals surface area contributed by atoms with E-state index in [-0.39, 0.29) is 5.78 Å². The van der Waals surface area contributed by atoms with Gasteiger partial charge in [-0.1, -0.05) is 11.6 Å². The number of hydrogen-bond acceptors (Lipinski definition) is 4. The van der Waals surface area contributed by atoms with E-state index in [1.807, 2.05) is 6.26 Å². The summed E-state index contributed by atoms with van der Waals surface area (Å²) in [7, 11) is 1.55. The van der Waals surface area contributed by atoms with Gasteiger partial charge in [-0.15, -0.1) is 0 Å². The molecule has 0 heterocycles. The number of amides is 1. The summed E-state index contributed by atoms with van der Waals surface area (Å²) in [4.78, 5) is 22.5. The van der Waals surface area contributed by atoms with Crippen LogP contribution < -0.4 is 5.32 Å². The number of ketones is 1. The predicted molar refractivity (Wildman–Crippen MR) is 74.6 cm³/mol. The van der Waals surface area contributed by atoms with Gasteiger partial charge in [-0.2, -0.15) is 11.8 Å². The third-order valence-corrected chi connectivity index (χ3v) is 3.18. The van der Waals surface area contributed by atoms with E-state index in [1.165, 1.54) is 11.8 Å². The van der Waals surface area contributed by atoms with E-state index in [4.69, 9.17) is 16.3 Å². The quantitative estimate of drug-likeness (QED) is 0.619. The van der Waals surface area contributed by atoms with Crippen molar-refractivity contribution in [2.75, 3.05) is 24.4 Å². The van der Waals surface area contributed by atoms with E-state index in [2.05, 4.69) is 5.32 Å². The number of anilines is 1. The summed E-state index contributed by atoms with van der Waals surface area (Å²) in [5.41, 5.74) is 1.60. The minimum Gasteiger partial charge on any atom is -0.380 e. The molecule has 0 atom stereocenters. The van der Waals surface area contributed by atoms with Crippen LogP contribution >= 0.6 is 23.4 Å². The average molecular weight is 288 g/mol. The molecule has 0 bridgehead atoms. The van der Waals surface area contributed by atoms with E-state index in [0.717, 1.165) is 5.56 Å². The van der Waals surface area contributed by atoms with Crippen LogP contribution in [0.25, 0.3) is 0 Å². The summed E-state index contributed by atoms with van der Waals surface area (Å²) in [6.07, 6.45) is 2.37. The van der Waals surface area contributed by atoms with Gasteiger partial charge in [0.1, 0.15) is 0 Å². The minimum absolute atomic E-state index is 0.0548. The summed E-state index contributed by atoms with van der Waals surface area (Å²) in [6, 6.07) is 3.23.